The predicted molar refractivity (Wildman–Crippen MR) is 93.8 cm³/mol. The number of carbonyl (C=O) groups excluding carboxylic acids is 1. The molecule has 0 bridgehead atoms. The number of nitrogens with zero attached hydrogens (tertiary/aromatic N) is 3. The molecule has 0 unspecified atom stereocenters. The standard InChI is InChI=1S/C18H27N3O2S/c1-11(2)13-10-24-16(19-13)8-20-6-5-18-15(20)7-17(22)21(18)14(9-23-18)12(3)4/h10-12,14-15H,5-9H2,1-4H3/t14-,15+,18-/m0/s1. The van der Waals surface area contributed by atoms with Gasteiger partial charge in [0.1, 0.15) is 5.01 Å². The van der Waals surface area contributed by atoms with E-state index < -0.39 is 0 Å². The Morgan fingerprint density at radius 2 is 2.21 bits per heavy atom. The van der Waals surface area contributed by atoms with Crippen LogP contribution in [0.25, 0.3) is 0 Å². The Bertz CT molecular complexity index is 644. The number of carbonyl (C=O) groups is 1. The van der Waals surface area contributed by atoms with Crippen LogP contribution in [0, 0.1) is 5.92 Å². The van der Waals surface area contributed by atoms with Gasteiger partial charge in [-0.25, -0.2) is 4.98 Å². The van der Waals surface area contributed by atoms with E-state index >= 15 is 0 Å². The molecule has 0 radical (unpaired) electrons. The monoisotopic (exact) mass is 349 g/mol. The minimum atomic E-state index is -0.371. The molecule has 6 heteroatoms. The molecule has 4 heterocycles. The topological polar surface area (TPSA) is 45.7 Å². The van der Waals surface area contributed by atoms with Crippen molar-refractivity contribution in [3.05, 3.63) is 16.1 Å². The number of ether oxygens (including phenoxy) is 1. The largest absolute Gasteiger partial charge is 0.352 e. The molecule has 5 nitrogen and oxygen atoms in total. The number of amides is 1. The van der Waals surface area contributed by atoms with E-state index in [0.717, 1.165) is 24.5 Å². The molecule has 1 amide bonds. The van der Waals surface area contributed by atoms with Crippen molar-refractivity contribution in [1.82, 2.24) is 14.8 Å². The van der Waals surface area contributed by atoms with Gasteiger partial charge in [-0.05, 0) is 11.8 Å². The molecule has 3 aliphatic heterocycles. The fourth-order valence-electron chi connectivity index (χ4n) is 4.48. The molecule has 4 rings (SSSR count). The summed E-state index contributed by atoms with van der Waals surface area (Å²) in [5.74, 6) is 1.17. The summed E-state index contributed by atoms with van der Waals surface area (Å²) in [5, 5.41) is 3.32. The smallest absolute Gasteiger partial charge is 0.226 e. The number of aromatic nitrogens is 1. The highest BCUT2D eigenvalue weighted by Gasteiger charge is 2.64. The summed E-state index contributed by atoms with van der Waals surface area (Å²) in [6, 6.07) is 0.412. The van der Waals surface area contributed by atoms with Crippen LogP contribution < -0.4 is 0 Å². The summed E-state index contributed by atoms with van der Waals surface area (Å²) >= 11 is 1.74. The van der Waals surface area contributed by atoms with Crippen LogP contribution in [0.5, 0.6) is 0 Å². The lowest BCUT2D eigenvalue weighted by Crippen LogP contribution is -2.50. The van der Waals surface area contributed by atoms with Crippen LogP contribution in [-0.2, 0) is 16.1 Å². The Kier molecular flexibility index (Phi) is 3.97. The summed E-state index contributed by atoms with van der Waals surface area (Å²) in [6.07, 6.45) is 1.51. The molecule has 0 aliphatic carbocycles. The van der Waals surface area contributed by atoms with Gasteiger partial charge < -0.3 is 9.64 Å². The Morgan fingerprint density at radius 1 is 1.42 bits per heavy atom. The number of likely N-dealkylation sites (tertiary alicyclic amines) is 1. The Labute approximate surface area is 148 Å². The molecule has 1 aromatic heterocycles. The van der Waals surface area contributed by atoms with Crippen LogP contribution in [-0.4, -0.2) is 51.7 Å². The van der Waals surface area contributed by atoms with E-state index in [1.54, 1.807) is 11.3 Å². The van der Waals surface area contributed by atoms with Gasteiger partial charge in [-0.15, -0.1) is 11.3 Å². The van der Waals surface area contributed by atoms with Gasteiger partial charge in [0.05, 0.1) is 30.9 Å². The zero-order valence-corrected chi connectivity index (χ0v) is 15.8. The fraction of sp³-hybridized carbons (Fsp3) is 0.778. The SMILES string of the molecule is CC(C)c1csc(CN2CC[C@@]34OC[C@@H](C(C)C)N3C(=O)C[C@@H]24)n1. The van der Waals surface area contributed by atoms with Crippen LogP contribution in [0.2, 0.25) is 0 Å². The molecule has 3 aliphatic rings. The highest BCUT2D eigenvalue weighted by Crippen LogP contribution is 2.49. The molecule has 132 valence electrons. The quantitative estimate of drug-likeness (QED) is 0.838. The first-order valence-electron chi connectivity index (χ1n) is 9.07. The Morgan fingerprint density at radius 3 is 2.88 bits per heavy atom. The molecular weight excluding hydrogens is 322 g/mol. The molecule has 3 fully saturated rings. The maximum atomic E-state index is 12.7. The average molecular weight is 350 g/mol. The van der Waals surface area contributed by atoms with E-state index in [-0.39, 0.29) is 23.7 Å². The lowest BCUT2D eigenvalue weighted by atomic mass is 10.0. The second kappa shape index (κ2) is 5.78. The first-order chi connectivity index (χ1) is 11.4. The third kappa shape index (κ3) is 2.34. The van der Waals surface area contributed by atoms with E-state index in [2.05, 4.69) is 42.9 Å². The molecular formula is C18H27N3O2S. The Balaban J connectivity index is 1.54. The van der Waals surface area contributed by atoms with E-state index in [0.29, 0.717) is 24.9 Å². The maximum Gasteiger partial charge on any atom is 0.226 e. The Hall–Kier alpha value is -0.980. The van der Waals surface area contributed by atoms with Crippen molar-refractivity contribution >= 4 is 17.2 Å². The van der Waals surface area contributed by atoms with Crippen molar-refractivity contribution in [3.8, 4) is 0 Å². The summed E-state index contributed by atoms with van der Waals surface area (Å²) in [5.41, 5.74) is 0.800. The summed E-state index contributed by atoms with van der Waals surface area (Å²) in [7, 11) is 0. The summed E-state index contributed by atoms with van der Waals surface area (Å²) in [4.78, 5) is 22.0. The second-order valence-electron chi connectivity index (χ2n) is 7.99. The van der Waals surface area contributed by atoms with Crippen molar-refractivity contribution in [2.75, 3.05) is 13.2 Å². The van der Waals surface area contributed by atoms with Crippen LogP contribution in [0.3, 0.4) is 0 Å². The first kappa shape index (κ1) is 16.5. The van der Waals surface area contributed by atoms with Gasteiger partial charge in [-0.3, -0.25) is 9.69 Å². The molecule has 0 saturated carbocycles. The van der Waals surface area contributed by atoms with Crippen LogP contribution in [0.1, 0.15) is 57.2 Å². The summed E-state index contributed by atoms with van der Waals surface area (Å²) < 4.78 is 6.29. The molecule has 3 saturated heterocycles. The van der Waals surface area contributed by atoms with Crippen LogP contribution >= 0.6 is 11.3 Å². The zero-order valence-electron chi connectivity index (χ0n) is 15.0. The third-order valence-corrected chi connectivity index (χ3v) is 6.72. The van der Waals surface area contributed by atoms with Crippen molar-refractivity contribution < 1.29 is 9.53 Å². The van der Waals surface area contributed by atoms with Crippen LogP contribution in [0.4, 0.5) is 0 Å². The highest BCUT2D eigenvalue weighted by atomic mass is 32.1. The maximum absolute atomic E-state index is 12.7. The molecule has 0 N–H and O–H groups in total. The van der Waals surface area contributed by atoms with Gasteiger partial charge in [0.25, 0.3) is 0 Å². The van der Waals surface area contributed by atoms with Crippen LogP contribution in [0.15, 0.2) is 5.38 Å². The van der Waals surface area contributed by atoms with E-state index in [9.17, 15) is 4.79 Å². The second-order valence-corrected chi connectivity index (χ2v) is 8.93. The fourth-order valence-corrected chi connectivity index (χ4v) is 5.46. The number of hydrogen-bond acceptors (Lipinski definition) is 5. The van der Waals surface area contributed by atoms with E-state index in [4.69, 9.17) is 9.72 Å². The lowest BCUT2D eigenvalue weighted by molar-refractivity contribution is -0.139. The van der Waals surface area contributed by atoms with Crippen molar-refractivity contribution in [3.63, 3.8) is 0 Å². The van der Waals surface area contributed by atoms with Gasteiger partial charge in [0.15, 0.2) is 5.72 Å². The van der Waals surface area contributed by atoms with Gasteiger partial charge in [-0.2, -0.15) is 0 Å². The van der Waals surface area contributed by atoms with E-state index in [1.165, 1.54) is 5.69 Å². The van der Waals surface area contributed by atoms with Gasteiger partial charge in [0.2, 0.25) is 5.91 Å². The molecule has 3 atom stereocenters. The zero-order chi connectivity index (χ0) is 17.1. The predicted octanol–water partition coefficient (Wildman–Crippen LogP) is 2.82. The normalized spacial score (nSPS) is 33.1. The minimum absolute atomic E-state index is 0.181. The van der Waals surface area contributed by atoms with Crippen molar-refractivity contribution in [1.29, 1.82) is 0 Å². The van der Waals surface area contributed by atoms with Gasteiger partial charge >= 0.3 is 0 Å². The number of hydrogen-bond donors (Lipinski definition) is 0. The minimum Gasteiger partial charge on any atom is -0.352 e. The van der Waals surface area contributed by atoms with Crippen molar-refractivity contribution in [2.45, 2.75) is 70.8 Å². The van der Waals surface area contributed by atoms with Gasteiger partial charge in [-0.1, -0.05) is 27.7 Å². The number of rotatable bonds is 4. The summed E-state index contributed by atoms with van der Waals surface area (Å²) in [6.45, 7) is 11.2. The lowest BCUT2D eigenvalue weighted by Gasteiger charge is -2.34. The average Bonchev–Trinajstić information content (AvgIpc) is 3.23. The first-order valence-corrected chi connectivity index (χ1v) is 9.95. The molecule has 24 heavy (non-hydrogen) atoms. The third-order valence-electron chi connectivity index (χ3n) is 5.87. The van der Waals surface area contributed by atoms with E-state index in [1.807, 2.05) is 0 Å². The molecule has 1 aromatic rings. The molecule has 0 aromatic carbocycles. The highest BCUT2D eigenvalue weighted by molar-refractivity contribution is 7.09. The number of thiazole rings is 1. The van der Waals surface area contributed by atoms with Crippen molar-refractivity contribution in [2.24, 2.45) is 5.92 Å². The van der Waals surface area contributed by atoms with Gasteiger partial charge in [0, 0.05) is 24.8 Å². The molecule has 1 spiro atoms.